The van der Waals surface area contributed by atoms with Gasteiger partial charge in [0.05, 0.1) is 6.54 Å². The predicted octanol–water partition coefficient (Wildman–Crippen LogP) is 3.53. The number of para-hydroxylation sites is 1. The molecule has 0 unspecified atom stereocenters. The van der Waals surface area contributed by atoms with Gasteiger partial charge in [0.1, 0.15) is 0 Å². The first kappa shape index (κ1) is 16.1. The smallest absolute Gasteiger partial charge is 0.239 e. The van der Waals surface area contributed by atoms with Gasteiger partial charge in [0, 0.05) is 18.3 Å². The molecule has 0 radical (unpaired) electrons. The SMILES string of the molecule is Cc1ccccc1N(CC(=O)NCc1ccccc1)C(C)C. The second-order valence-electron chi connectivity index (χ2n) is 5.77. The highest BCUT2D eigenvalue weighted by atomic mass is 16.2. The Bertz CT molecular complexity index is 608. The molecule has 2 rings (SSSR count). The first-order valence-corrected chi connectivity index (χ1v) is 7.71. The molecule has 0 heterocycles. The van der Waals surface area contributed by atoms with Crippen LogP contribution in [0.2, 0.25) is 0 Å². The number of benzene rings is 2. The van der Waals surface area contributed by atoms with Crippen LogP contribution in [0.5, 0.6) is 0 Å². The van der Waals surface area contributed by atoms with E-state index < -0.39 is 0 Å². The van der Waals surface area contributed by atoms with E-state index in [0.717, 1.165) is 11.3 Å². The molecule has 0 aliphatic carbocycles. The molecule has 1 N–H and O–H groups in total. The Labute approximate surface area is 133 Å². The molecule has 22 heavy (non-hydrogen) atoms. The van der Waals surface area contributed by atoms with E-state index in [4.69, 9.17) is 0 Å². The molecule has 3 nitrogen and oxygen atoms in total. The lowest BCUT2D eigenvalue weighted by molar-refractivity contribution is -0.120. The maximum Gasteiger partial charge on any atom is 0.239 e. The average Bonchev–Trinajstić information content (AvgIpc) is 2.52. The molecule has 3 heteroatoms. The van der Waals surface area contributed by atoms with Crippen LogP contribution < -0.4 is 10.2 Å². The summed E-state index contributed by atoms with van der Waals surface area (Å²) in [7, 11) is 0. The van der Waals surface area contributed by atoms with Crippen LogP contribution >= 0.6 is 0 Å². The molecular weight excluding hydrogens is 272 g/mol. The van der Waals surface area contributed by atoms with E-state index in [0.29, 0.717) is 13.1 Å². The maximum absolute atomic E-state index is 12.3. The minimum Gasteiger partial charge on any atom is -0.360 e. The van der Waals surface area contributed by atoms with Gasteiger partial charge in [-0.25, -0.2) is 0 Å². The van der Waals surface area contributed by atoms with Crippen molar-refractivity contribution in [3.05, 3.63) is 65.7 Å². The van der Waals surface area contributed by atoms with Crippen LogP contribution in [0.3, 0.4) is 0 Å². The number of hydrogen-bond donors (Lipinski definition) is 1. The van der Waals surface area contributed by atoms with E-state index in [1.807, 2.05) is 42.5 Å². The van der Waals surface area contributed by atoms with Crippen LogP contribution in [0.4, 0.5) is 5.69 Å². The molecule has 0 saturated heterocycles. The standard InChI is InChI=1S/C19H24N2O/c1-15(2)21(18-12-8-7-9-16(18)3)14-19(22)20-13-17-10-5-4-6-11-17/h4-12,15H,13-14H2,1-3H3,(H,20,22). The molecule has 2 aromatic carbocycles. The maximum atomic E-state index is 12.3. The second kappa shape index (κ2) is 7.64. The Morgan fingerprint density at radius 2 is 1.68 bits per heavy atom. The quantitative estimate of drug-likeness (QED) is 0.884. The van der Waals surface area contributed by atoms with Gasteiger partial charge in [-0.2, -0.15) is 0 Å². The summed E-state index contributed by atoms with van der Waals surface area (Å²) in [5.74, 6) is 0.0424. The fraction of sp³-hybridized carbons (Fsp3) is 0.316. The summed E-state index contributed by atoms with van der Waals surface area (Å²) in [6.45, 7) is 7.23. The van der Waals surface area contributed by atoms with E-state index in [-0.39, 0.29) is 11.9 Å². The van der Waals surface area contributed by atoms with Gasteiger partial charge < -0.3 is 10.2 Å². The molecular formula is C19H24N2O. The lowest BCUT2D eigenvalue weighted by Gasteiger charge is -2.29. The highest BCUT2D eigenvalue weighted by Gasteiger charge is 2.16. The fourth-order valence-electron chi connectivity index (χ4n) is 2.44. The van der Waals surface area contributed by atoms with Gasteiger partial charge in [0.15, 0.2) is 0 Å². The first-order chi connectivity index (χ1) is 10.6. The number of aryl methyl sites for hydroxylation is 1. The van der Waals surface area contributed by atoms with E-state index in [2.05, 4.69) is 43.1 Å². The molecule has 0 spiro atoms. The summed E-state index contributed by atoms with van der Waals surface area (Å²) >= 11 is 0. The average molecular weight is 296 g/mol. The zero-order chi connectivity index (χ0) is 15.9. The minimum absolute atomic E-state index is 0.0424. The highest BCUT2D eigenvalue weighted by Crippen LogP contribution is 2.21. The van der Waals surface area contributed by atoms with Crippen LogP contribution in [0.25, 0.3) is 0 Å². The molecule has 0 aliphatic heterocycles. The van der Waals surface area contributed by atoms with Crippen molar-refractivity contribution in [3.8, 4) is 0 Å². The predicted molar refractivity (Wildman–Crippen MR) is 91.9 cm³/mol. The van der Waals surface area contributed by atoms with Crippen molar-refractivity contribution < 1.29 is 4.79 Å². The minimum atomic E-state index is 0.0424. The third kappa shape index (κ3) is 4.35. The number of carbonyl (C=O) groups excluding carboxylic acids is 1. The number of hydrogen-bond acceptors (Lipinski definition) is 2. The number of nitrogens with one attached hydrogen (secondary N) is 1. The highest BCUT2D eigenvalue weighted by molar-refractivity contribution is 5.81. The second-order valence-corrected chi connectivity index (χ2v) is 5.77. The summed E-state index contributed by atoms with van der Waals surface area (Å²) in [6.07, 6.45) is 0. The van der Waals surface area contributed by atoms with Crippen LogP contribution in [0.1, 0.15) is 25.0 Å². The van der Waals surface area contributed by atoms with Crippen LogP contribution in [0.15, 0.2) is 54.6 Å². The molecule has 0 bridgehead atoms. The van der Waals surface area contributed by atoms with Crippen LogP contribution in [0, 0.1) is 6.92 Å². The van der Waals surface area contributed by atoms with Crippen molar-refractivity contribution in [2.24, 2.45) is 0 Å². The lowest BCUT2D eigenvalue weighted by atomic mass is 10.1. The fourth-order valence-corrected chi connectivity index (χ4v) is 2.44. The third-order valence-electron chi connectivity index (χ3n) is 3.69. The number of anilines is 1. The molecule has 0 atom stereocenters. The Balaban J connectivity index is 1.99. The van der Waals surface area contributed by atoms with Gasteiger partial charge >= 0.3 is 0 Å². The number of amides is 1. The summed E-state index contributed by atoms with van der Waals surface area (Å²) in [5.41, 5.74) is 3.42. The summed E-state index contributed by atoms with van der Waals surface area (Å²) in [5, 5.41) is 2.99. The number of rotatable bonds is 6. The molecule has 1 amide bonds. The monoisotopic (exact) mass is 296 g/mol. The van der Waals surface area contributed by atoms with Gasteiger partial charge in [-0.1, -0.05) is 48.5 Å². The zero-order valence-electron chi connectivity index (χ0n) is 13.5. The molecule has 0 saturated carbocycles. The summed E-state index contributed by atoms with van der Waals surface area (Å²) in [6, 6.07) is 18.4. The van der Waals surface area contributed by atoms with Gasteiger partial charge in [0.25, 0.3) is 0 Å². The van der Waals surface area contributed by atoms with E-state index in [1.165, 1.54) is 5.56 Å². The summed E-state index contributed by atoms with van der Waals surface area (Å²) < 4.78 is 0. The topological polar surface area (TPSA) is 32.3 Å². The van der Waals surface area contributed by atoms with Crippen molar-refractivity contribution in [1.82, 2.24) is 5.32 Å². The molecule has 0 aliphatic rings. The van der Waals surface area contributed by atoms with Crippen LogP contribution in [-0.2, 0) is 11.3 Å². The Kier molecular flexibility index (Phi) is 5.59. The van der Waals surface area contributed by atoms with Crippen molar-refractivity contribution >= 4 is 11.6 Å². The Morgan fingerprint density at radius 1 is 1.05 bits per heavy atom. The Morgan fingerprint density at radius 3 is 2.32 bits per heavy atom. The van der Waals surface area contributed by atoms with Crippen LogP contribution in [-0.4, -0.2) is 18.5 Å². The van der Waals surface area contributed by atoms with Crippen molar-refractivity contribution in [2.45, 2.75) is 33.4 Å². The van der Waals surface area contributed by atoms with Gasteiger partial charge in [-0.3, -0.25) is 4.79 Å². The largest absolute Gasteiger partial charge is 0.360 e. The van der Waals surface area contributed by atoms with E-state index in [9.17, 15) is 4.79 Å². The van der Waals surface area contributed by atoms with E-state index >= 15 is 0 Å². The van der Waals surface area contributed by atoms with Crippen molar-refractivity contribution in [1.29, 1.82) is 0 Å². The van der Waals surface area contributed by atoms with Crippen molar-refractivity contribution in [2.75, 3.05) is 11.4 Å². The third-order valence-corrected chi connectivity index (χ3v) is 3.69. The van der Waals surface area contributed by atoms with E-state index in [1.54, 1.807) is 0 Å². The molecule has 2 aromatic rings. The normalized spacial score (nSPS) is 10.5. The van der Waals surface area contributed by atoms with Gasteiger partial charge in [-0.05, 0) is 38.0 Å². The zero-order valence-corrected chi connectivity index (χ0v) is 13.5. The Hall–Kier alpha value is -2.29. The number of nitrogens with zero attached hydrogens (tertiary/aromatic N) is 1. The van der Waals surface area contributed by atoms with Gasteiger partial charge in [0.2, 0.25) is 5.91 Å². The molecule has 0 fully saturated rings. The lowest BCUT2D eigenvalue weighted by Crippen LogP contribution is -2.41. The van der Waals surface area contributed by atoms with Gasteiger partial charge in [-0.15, -0.1) is 0 Å². The number of carbonyl (C=O) groups is 1. The molecule has 0 aromatic heterocycles. The summed E-state index contributed by atoms with van der Waals surface area (Å²) in [4.78, 5) is 14.4. The first-order valence-electron chi connectivity index (χ1n) is 7.71. The molecule has 116 valence electrons. The van der Waals surface area contributed by atoms with Crippen molar-refractivity contribution in [3.63, 3.8) is 0 Å².